The highest BCUT2D eigenvalue weighted by Crippen LogP contribution is 2.17. The Labute approximate surface area is 151 Å². The Kier molecular flexibility index (Phi) is 7.34. The van der Waals surface area contributed by atoms with Gasteiger partial charge in [0.15, 0.2) is 9.84 Å². The Balaban J connectivity index is 0.00000288. The van der Waals surface area contributed by atoms with E-state index in [4.69, 9.17) is 5.73 Å². The minimum atomic E-state index is -3.19. The minimum Gasteiger partial charge on any atom is -0.325 e. The van der Waals surface area contributed by atoms with E-state index < -0.39 is 15.1 Å². The van der Waals surface area contributed by atoms with E-state index in [0.29, 0.717) is 28.5 Å². The number of aromatic nitrogens is 1. The second-order valence-corrected chi connectivity index (χ2v) is 8.84. The van der Waals surface area contributed by atoms with E-state index in [1.165, 1.54) is 11.3 Å². The van der Waals surface area contributed by atoms with Gasteiger partial charge in [0.05, 0.1) is 11.0 Å². The maximum absolute atomic E-state index is 12.1. The number of halogens is 1. The van der Waals surface area contributed by atoms with Crippen LogP contribution in [0, 0.1) is 0 Å². The predicted molar refractivity (Wildman–Crippen MR) is 99.4 cm³/mol. The van der Waals surface area contributed by atoms with Gasteiger partial charge < -0.3 is 11.1 Å². The zero-order chi connectivity index (χ0) is 17.0. The fraction of sp³-hybridized carbons (Fsp3) is 0.333. The summed E-state index contributed by atoms with van der Waals surface area (Å²) >= 11 is 1.33. The Morgan fingerprint density at radius 3 is 2.67 bits per heavy atom. The molecule has 0 fully saturated rings. The number of amides is 1. The molecule has 0 aliphatic rings. The molecule has 1 heterocycles. The summed E-state index contributed by atoms with van der Waals surface area (Å²) in [5.74, 6) is -0.396. The standard InChI is InChI=1S/C15H19N3O3S2.ClH/c1-10(2)23(20,21)9-11-4-3-5-12(6-11)17-15(19)13-8-22-14(7-16)18-13;/h3-6,8,10H,7,9,16H2,1-2H3,(H,17,19);1H. The molecule has 0 bridgehead atoms. The van der Waals surface area contributed by atoms with Crippen LogP contribution in [0.25, 0.3) is 0 Å². The molecule has 2 rings (SSSR count). The highest BCUT2D eigenvalue weighted by molar-refractivity contribution is 7.91. The number of thiazole rings is 1. The Morgan fingerprint density at radius 1 is 1.38 bits per heavy atom. The van der Waals surface area contributed by atoms with Gasteiger partial charge in [0, 0.05) is 17.6 Å². The number of nitrogens with zero attached hydrogens (tertiary/aromatic N) is 1. The molecule has 0 saturated carbocycles. The molecule has 0 aliphatic carbocycles. The monoisotopic (exact) mass is 389 g/mol. The lowest BCUT2D eigenvalue weighted by Gasteiger charge is -2.09. The molecule has 0 radical (unpaired) electrons. The molecule has 0 spiro atoms. The van der Waals surface area contributed by atoms with Crippen molar-refractivity contribution in [3.05, 3.63) is 45.9 Å². The van der Waals surface area contributed by atoms with Gasteiger partial charge in [-0.05, 0) is 31.5 Å². The molecule has 2 aromatic rings. The molecule has 3 N–H and O–H groups in total. The van der Waals surface area contributed by atoms with E-state index >= 15 is 0 Å². The number of nitrogens with one attached hydrogen (secondary N) is 1. The van der Waals surface area contributed by atoms with E-state index in [1.54, 1.807) is 43.5 Å². The van der Waals surface area contributed by atoms with Crippen LogP contribution in [-0.4, -0.2) is 24.6 Å². The summed E-state index contributed by atoms with van der Waals surface area (Å²) in [4.78, 5) is 16.2. The molecular weight excluding hydrogens is 370 g/mol. The summed E-state index contributed by atoms with van der Waals surface area (Å²) in [6.45, 7) is 3.59. The van der Waals surface area contributed by atoms with Crippen molar-refractivity contribution in [1.29, 1.82) is 0 Å². The second kappa shape index (κ2) is 8.57. The zero-order valence-corrected chi connectivity index (χ0v) is 15.8. The van der Waals surface area contributed by atoms with Crippen molar-refractivity contribution < 1.29 is 13.2 Å². The van der Waals surface area contributed by atoms with Crippen molar-refractivity contribution in [3.8, 4) is 0 Å². The van der Waals surface area contributed by atoms with E-state index in [-0.39, 0.29) is 24.1 Å². The number of carbonyl (C=O) groups is 1. The zero-order valence-electron chi connectivity index (χ0n) is 13.4. The van der Waals surface area contributed by atoms with Gasteiger partial charge in [-0.25, -0.2) is 13.4 Å². The van der Waals surface area contributed by atoms with Crippen molar-refractivity contribution in [2.45, 2.75) is 31.4 Å². The van der Waals surface area contributed by atoms with Gasteiger partial charge in [-0.1, -0.05) is 12.1 Å². The van der Waals surface area contributed by atoms with Crippen LogP contribution < -0.4 is 11.1 Å². The first-order valence-electron chi connectivity index (χ1n) is 7.08. The van der Waals surface area contributed by atoms with E-state index in [2.05, 4.69) is 10.3 Å². The van der Waals surface area contributed by atoms with Gasteiger partial charge in [0.25, 0.3) is 5.91 Å². The molecule has 132 valence electrons. The molecule has 6 nitrogen and oxygen atoms in total. The third-order valence-corrected chi connectivity index (χ3v) is 6.27. The molecule has 0 saturated heterocycles. The SMILES string of the molecule is CC(C)S(=O)(=O)Cc1cccc(NC(=O)c2csc(CN)n2)c1.Cl. The quantitative estimate of drug-likeness (QED) is 0.790. The number of carbonyl (C=O) groups excluding carboxylic acids is 1. The lowest BCUT2D eigenvalue weighted by atomic mass is 10.2. The van der Waals surface area contributed by atoms with Crippen LogP contribution in [-0.2, 0) is 22.1 Å². The smallest absolute Gasteiger partial charge is 0.275 e. The average Bonchev–Trinajstić information content (AvgIpc) is 2.96. The lowest BCUT2D eigenvalue weighted by Crippen LogP contribution is -2.16. The molecule has 1 amide bonds. The number of sulfone groups is 1. The maximum Gasteiger partial charge on any atom is 0.275 e. The molecule has 1 aromatic heterocycles. The van der Waals surface area contributed by atoms with Crippen molar-refractivity contribution in [3.63, 3.8) is 0 Å². The van der Waals surface area contributed by atoms with Gasteiger partial charge >= 0.3 is 0 Å². The molecular formula is C15H20ClN3O3S2. The molecule has 24 heavy (non-hydrogen) atoms. The molecule has 0 atom stereocenters. The summed E-state index contributed by atoms with van der Waals surface area (Å²) in [7, 11) is -3.19. The minimum absolute atomic E-state index is 0. The van der Waals surface area contributed by atoms with Crippen molar-refractivity contribution in [2.75, 3.05) is 5.32 Å². The lowest BCUT2D eigenvalue weighted by molar-refractivity contribution is 0.102. The van der Waals surface area contributed by atoms with Crippen LogP contribution >= 0.6 is 23.7 Å². The topological polar surface area (TPSA) is 102 Å². The number of hydrogen-bond donors (Lipinski definition) is 2. The van der Waals surface area contributed by atoms with Crippen LogP contribution in [0.15, 0.2) is 29.6 Å². The molecule has 1 aromatic carbocycles. The van der Waals surface area contributed by atoms with Crippen molar-refractivity contribution in [2.24, 2.45) is 5.73 Å². The summed E-state index contributed by atoms with van der Waals surface area (Å²) in [6.07, 6.45) is 0. The first-order chi connectivity index (χ1) is 10.8. The molecule has 9 heteroatoms. The highest BCUT2D eigenvalue weighted by Gasteiger charge is 2.17. The third kappa shape index (κ3) is 5.27. The number of rotatable bonds is 6. The van der Waals surface area contributed by atoms with Gasteiger partial charge in [-0.15, -0.1) is 23.7 Å². The second-order valence-electron chi connectivity index (χ2n) is 5.34. The van der Waals surface area contributed by atoms with Gasteiger partial charge in [-0.2, -0.15) is 0 Å². The molecule has 0 unspecified atom stereocenters. The maximum atomic E-state index is 12.1. The Morgan fingerprint density at radius 2 is 2.08 bits per heavy atom. The first kappa shape index (κ1) is 20.6. The van der Waals surface area contributed by atoms with E-state index in [1.807, 2.05) is 0 Å². The summed E-state index contributed by atoms with van der Waals surface area (Å²) < 4.78 is 24.0. The van der Waals surface area contributed by atoms with Gasteiger partial charge in [0.2, 0.25) is 0 Å². The van der Waals surface area contributed by atoms with E-state index in [0.717, 1.165) is 0 Å². The number of benzene rings is 1. The number of nitrogens with two attached hydrogens (primary N) is 1. The van der Waals surface area contributed by atoms with Gasteiger partial charge in [-0.3, -0.25) is 4.79 Å². The highest BCUT2D eigenvalue weighted by atomic mass is 35.5. The van der Waals surface area contributed by atoms with Crippen molar-refractivity contribution >= 4 is 45.2 Å². The summed E-state index contributed by atoms with van der Waals surface area (Å²) in [5, 5.41) is 4.61. The number of hydrogen-bond acceptors (Lipinski definition) is 6. The first-order valence-corrected chi connectivity index (χ1v) is 9.67. The Bertz CT molecular complexity index is 804. The largest absolute Gasteiger partial charge is 0.325 e. The van der Waals surface area contributed by atoms with Crippen LogP contribution in [0.2, 0.25) is 0 Å². The normalized spacial score (nSPS) is 11.2. The van der Waals surface area contributed by atoms with Crippen LogP contribution in [0.1, 0.15) is 34.9 Å². The van der Waals surface area contributed by atoms with Crippen LogP contribution in [0.3, 0.4) is 0 Å². The fourth-order valence-corrected chi connectivity index (χ4v) is 3.47. The third-order valence-electron chi connectivity index (χ3n) is 3.23. The van der Waals surface area contributed by atoms with Crippen molar-refractivity contribution in [1.82, 2.24) is 4.98 Å². The van der Waals surface area contributed by atoms with E-state index in [9.17, 15) is 13.2 Å². The number of anilines is 1. The Hall–Kier alpha value is -1.48. The predicted octanol–water partition coefficient (Wildman–Crippen LogP) is 2.60. The summed E-state index contributed by atoms with van der Waals surface area (Å²) in [6, 6.07) is 6.81. The fourth-order valence-electron chi connectivity index (χ4n) is 1.84. The summed E-state index contributed by atoms with van der Waals surface area (Å²) in [5.41, 5.74) is 6.95. The molecule has 0 aliphatic heterocycles. The van der Waals surface area contributed by atoms with Gasteiger partial charge in [0.1, 0.15) is 10.7 Å². The van der Waals surface area contributed by atoms with Crippen LogP contribution in [0.4, 0.5) is 5.69 Å². The van der Waals surface area contributed by atoms with Crippen LogP contribution in [0.5, 0.6) is 0 Å². The average molecular weight is 390 g/mol.